The molecule has 6 heteroatoms. The number of hydrogen-bond acceptors (Lipinski definition) is 4. The van der Waals surface area contributed by atoms with Gasteiger partial charge < -0.3 is 4.57 Å². The first-order chi connectivity index (χ1) is 9.75. The van der Waals surface area contributed by atoms with Gasteiger partial charge in [-0.2, -0.15) is 0 Å². The van der Waals surface area contributed by atoms with E-state index in [1.807, 2.05) is 45.0 Å². The van der Waals surface area contributed by atoms with Crippen LogP contribution in [0.5, 0.6) is 0 Å². The summed E-state index contributed by atoms with van der Waals surface area (Å²) < 4.78 is 27.1. The van der Waals surface area contributed by atoms with Gasteiger partial charge in [0.1, 0.15) is 5.82 Å². The molecule has 1 aromatic carbocycles. The van der Waals surface area contributed by atoms with Gasteiger partial charge in [0.2, 0.25) is 15.0 Å². The van der Waals surface area contributed by atoms with Crippen LogP contribution in [0, 0.1) is 6.92 Å². The molecule has 0 radical (unpaired) electrons. The van der Waals surface area contributed by atoms with Crippen molar-refractivity contribution in [1.29, 1.82) is 0 Å². The summed E-state index contributed by atoms with van der Waals surface area (Å²) in [7, 11) is -1.86. The number of hydrogen-bond donors (Lipinski definition) is 0. The highest BCUT2D eigenvalue weighted by Gasteiger charge is 2.31. The minimum atomic E-state index is -3.56. The molecule has 1 aromatic heterocycles. The summed E-state index contributed by atoms with van der Waals surface area (Å²) in [5.41, 5.74) is 1.81. The Morgan fingerprint density at radius 1 is 1.14 bits per heavy atom. The van der Waals surface area contributed by atoms with Crippen molar-refractivity contribution in [3.63, 3.8) is 0 Å². The molecular weight excluding hydrogens is 286 g/mol. The Morgan fingerprint density at radius 3 is 2.33 bits per heavy atom. The fourth-order valence-corrected chi connectivity index (χ4v) is 3.79. The van der Waals surface area contributed by atoms with E-state index in [2.05, 4.69) is 10.2 Å². The number of rotatable bonds is 4. The third kappa shape index (κ3) is 2.85. The van der Waals surface area contributed by atoms with E-state index >= 15 is 0 Å². The molecule has 1 unspecified atom stereocenters. The van der Waals surface area contributed by atoms with Crippen LogP contribution < -0.4 is 0 Å². The molecule has 0 amide bonds. The van der Waals surface area contributed by atoms with E-state index in [0.717, 1.165) is 11.1 Å². The highest BCUT2D eigenvalue weighted by atomic mass is 32.2. The molecule has 0 N–H and O–H groups in total. The van der Waals surface area contributed by atoms with Crippen LogP contribution in [0.4, 0.5) is 0 Å². The lowest BCUT2D eigenvalue weighted by atomic mass is 10.1. The summed E-state index contributed by atoms with van der Waals surface area (Å²) in [5, 5.41) is 7.29. The number of sulfone groups is 1. The van der Waals surface area contributed by atoms with Gasteiger partial charge in [-0.1, -0.05) is 43.7 Å². The van der Waals surface area contributed by atoms with Gasteiger partial charge in [-0.15, -0.1) is 10.2 Å². The quantitative estimate of drug-likeness (QED) is 0.871. The zero-order valence-corrected chi connectivity index (χ0v) is 13.8. The summed E-state index contributed by atoms with van der Waals surface area (Å²) in [5.74, 6) is 0.797. The van der Waals surface area contributed by atoms with Crippen LogP contribution in [0.2, 0.25) is 0 Å². The molecule has 0 aliphatic heterocycles. The van der Waals surface area contributed by atoms with Crippen LogP contribution in [0.1, 0.15) is 48.9 Å². The van der Waals surface area contributed by atoms with Gasteiger partial charge in [0.15, 0.2) is 0 Å². The number of benzene rings is 1. The molecule has 0 bridgehead atoms. The average molecular weight is 307 g/mol. The lowest BCUT2D eigenvalue weighted by Crippen LogP contribution is -2.16. The first kappa shape index (κ1) is 15.7. The van der Waals surface area contributed by atoms with Crippen LogP contribution in [-0.2, 0) is 16.9 Å². The molecule has 0 spiro atoms. The second kappa shape index (κ2) is 5.60. The normalized spacial score (nSPS) is 13.6. The third-order valence-corrected chi connectivity index (χ3v) is 5.68. The molecule has 1 atom stereocenters. The number of nitrogens with zero attached hydrogens (tertiary/aromatic N) is 3. The molecule has 114 valence electrons. The smallest absolute Gasteiger partial charge is 0.250 e. The van der Waals surface area contributed by atoms with E-state index in [1.165, 1.54) is 0 Å². The largest absolute Gasteiger partial charge is 0.305 e. The third-order valence-electron chi connectivity index (χ3n) is 3.62. The van der Waals surface area contributed by atoms with Gasteiger partial charge in [0, 0.05) is 13.0 Å². The van der Waals surface area contributed by atoms with Gasteiger partial charge in [0.25, 0.3) is 0 Å². The van der Waals surface area contributed by atoms with E-state index in [0.29, 0.717) is 5.82 Å². The molecule has 5 nitrogen and oxygen atoms in total. The van der Waals surface area contributed by atoms with Gasteiger partial charge in [0.05, 0.1) is 5.25 Å². The van der Waals surface area contributed by atoms with Crippen LogP contribution in [-0.4, -0.2) is 23.2 Å². The minimum absolute atomic E-state index is 0.0280. The van der Waals surface area contributed by atoms with Crippen LogP contribution in [0.25, 0.3) is 0 Å². The van der Waals surface area contributed by atoms with Crippen molar-refractivity contribution in [1.82, 2.24) is 14.8 Å². The van der Waals surface area contributed by atoms with Crippen molar-refractivity contribution in [3.05, 3.63) is 41.2 Å². The first-order valence-corrected chi connectivity index (χ1v) is 8.49. The Balaban J connectivity index is 2.47. The monoisotopic (exact) mass is 307 g/mol. The SMILES string of the molecule is Cc1cccc(C(C)S(=O)(=O)c2nnc(C(C)C)n2C)c1. The Hall–Kier alpha value is -1.69. The fourth-order valence-electron chi connectivity index (χ4n) is 2.34. The summed E-state index contributed by atoms with van der Waals surface area (Å²) >= 11 is 0. The van der Waals surface area contributed by atoms with Crippen molar-refractivity contribution in [2.45, 2.75) is 44.0 Å². The van der Waals surface area contributed by atoms with Gasteiger partial charge in [-0.3, -0.25) is 0 Å². The fraction of sp³-hybridized carbons (Fsp3) is 0.467. The molecular formula is C15H21N3O2S. The summed E-state index contributed by atoms with van der Waals surface area (Å²) in [6.45, 7) is 7.56. The molecule has 2 rings (SSSR count). The van der Waals surface area contributed by atoms with Gasteiger partial charge in [-0.05, 0) is 19.4 Å². The van der Waals surface area contributed by atoms with Crippen molar-refractivity contribution < 1.29 is 8.42 Å². The zero-order chi connectivity index (χ0) is 15.8. The van der Waals surface area contributed by atoms with E-state index in [1.54, 1.807) is 18.5 Å². The lowest BCUT2D eigenvalue weighted by Gasteiger charge is -2.14. The van der Waals surface area contributed by atoms with Crippen molar-refractivity contribution >= 4 is 9.84 Å². The number of aromatic nitrogens is 3. The van der Waals surface area contributed by atoms with Gasteiger partial charge in [-0.25, -0.2) is 8.42 Å². The van der Waals surface area contributed by atoms with Gasteiger partial charge >= 0.3 is 0 Å². The Morgan fingerprint density at radius 2 is 1.81 bits per heavy atom. The molecule has 21 heavy (non-hydrogen) atoms. The average Bonchev–Trinajstić information content (AvgIpc) is 2.80. The second-order valence-electron chi connectivity index (χ2n) is 5.66. The highest BCUT2D eigenvalue weighted by Crippen LogP contribution is 2.28. The molecule has 0 aliphatic rings. The topological polar surface area (TPSA) is 64.8 Å². The molecule has 0 saturated carbocycles. The molecule has 0 aliphatic carbocycles. The summed E-state index contributed by atoms with van der Waals surface area (Å²) in [6, 6.07) is 7.53. The van der Waals surface area contributed by atoms with Crippen molar-refractivity contribution in [2.24, 2.45) is 7.05 Å². The number of aryl methyl sites for hydroxylation is 1. The Bertz CT molecular complexity index is 748. The first-order valence-electron chi connectivity index (χ1n) is 6.95. The van der Waals surface area contributed by atoms with E-state index in [-0.39, 0.29) is 11.1 Å². The molecule has 0 saturated heterocycles. The predicted molar refractivity (Wildman–Crippen MR) is 81.9 cm³/mol. The van der Waals surface area contributed by atoms with Crippen LogP contribution in [0.15, 0.2) is 29.4 Å². The summed E-state index contributed by atoms with van der Waals surface area (Å²) in [4.78, 5) is 0. The van der Waals surface area contributed by atoms with Crippen molar-refractivity contribution in [3.8, 4) is 0 Å². The zero-order valence-electron chi connectivity index (χ0n) is 13.0. The molecule has 2 aromatic rings. The molecule has 0 fully saturated rings. The maximum absolute atomic E-state index is 12.8. The van der Waals surface area contributed by atoms with E-state index < -0.39 is 15.1 Å². The van der Waals surface area contributed by atoms with Crippen molar-refractivity contribution in [2.75, 3.05) is 0 Å². The second-order valence-corrected chi connectivity index (χ2v) is 7.82. The standard InChI is InChI=1S/C15H21N3O2S/c1-10(2)14-16-17-15(18(14)5)21(19,20)12(4)13-8-6-7-11(3)9-13/h6-10,12H,1-5H3. The Kier molecular flexibility index (Phi) is 4.18. The Labute approximate surface area is 125 Å². The van der Waals surface area contributed by atoms with Crippen LogP contribution >= 0.6 is 0 Å². The lowest BCUT2D eigenvalue weighted by molar-refractivity contribution is 0.564. The molecule has 1 heterocycles. The highest BCUT2D eigenvalue weighted by molar-refractivity contribution is 7.91. The maximum atomic E-state index is 12.8. The predicted octanol–water partition coefficient (Wildman–Crippen LogP) is 2.78. The minimum Gasteiger partial charge on any atom is -0.305 e. The maximum Gasteiger partial charge on any atom is 0.250 e. The van der Waals surface area contributed by atoms with Crippen LogP contribution in [0.3, 0.4) is 0 Å². The van der Waals surface area contributed by atoms with E-state index in [9.17, 15) is 8.42 Å². The summed E-state index contributed by atoms with van der Waals surface area (Å²) in [6.07, 6.45) is 0. The van der Waals surface area contributed by atoms with E-state index in [4.69, 9.17) is 0 Å².